The number of hydrogen-bond donors (Lipinski definition) is 2. The lowest BCUT2D eigenvalue weighted by molar-refractivity contribution is 0.475. The van der Waals surface area contributed by atoms with E-state index < -0.39 is 0 Å². The van der Waals surface area contributed by atoms with Gasteiger partial charge in [-0.25, -0.2) is 4.99 Å². The molecule has 0 amide bonds. The monoisotopic (exact) mass is 339 g/mol. The molecule has 1 aromatic carbocycles. The van der Waals surface area contributed by atoms with Gasteiger partial charge in [0.15, 0.2) is 5.84 Å². The van der Waals surface area contributed by atoms with Gasteiger partial charge >= 0.3 is 0 Å². The van der Waals surface area contributed by atoms with Gasteiger partial charge in [0.25, 0.3) is 0 Å². The normalized spacial score (nSPS) is 17.9. The maximum atomic E-state index is 9.26. The third-order valence-corrected chi connectivity index (χ3v) is 3.53. The second-order valence-electron chi connectivity index (χ2n) is 3.82. The van der Waals surface area contributed by atoms with Gasteiger partial charge in [-0.2, -0.15) is 0 Å². The fraction of sp³-hybridized carbons (Fsp3) is 0.0833. The van der Waals surface area contributed by atoms with Crippen LogP contribution in [0.15, 0.2) is 47.2 Å². The van der Waals surface area contributed by atoms with Crippen LogP contribution < -0.4 is 5.32 Å². The number of benzene rings is 1. The number of halogens is 1. The summed E-state index contributed by atoms with van der Waals surface area (Å²) in [5, 5.41) is 12.5. The van der Waals surface area contributed by atoms with Gasteiger partial charge < -0.3 is 10.4 Å². The maximum absolute atomic E-state index is 9.26. The number of rotatable bonds is 1. The number of nitrogens with one attached hydrogen (secondary N) is 1. The number of amidine groups is 1. The molecule has 1 aromatic rings. The first kappa shape index (κ1) is 10.6. The summed E-state index contributed by atoms with van der Waals surface area (Å²) < 4.78 is 2.06. The molecule has 0 saturated heterocycles. The molecule has 0 fully saturated rings. The Morgan fingerprint density at radius 1 is 1.29 bits per heavy atom. The highest BCUT2D eigenvalue weighted by Gasteiger charge is 2.22. The summed E-state index contributed by atoms with van der Waals surface area (Å²) in [6.07, 6.45) is 3.99. The average Bonchev–Trinajstić information content (AvgIpc) is 2.72. The fourth-order valence-electron chi connectivity index (χ4n) is 1.79. The number of phenolic OH excluding ortho intramolecular Hbond substituents is 1. The molecule has 86 valence electrons. The number of hydrogen-bond acceptors (Lipinski definition) is 4. The average molecular weight is 339 g/mol. The topological polar surface area (TPSA) is 47.9 Å². The van der Waals surface area contributed by atoms with E-state index in [9.17, 15) is 5.11 Å². The van der Waals surface area contributed by atoms with Crippen LogP contribution >= 0.6 is 22.9 Å². The van der Waals surface area contributed by atoms with Crippen LogP contribution in [-0.2, 0) is 0 Å². The Hall–Kier alpha value is -1.50. The van der Waals surface area contributed by atoms with Crippen molar-refractivity contribution in [3.05, 3.63) is 47.8 Å². The van der Waals surface area contributed by atoms with Crippen molar-refractivity contribution in [1.82, 2.24) is 8.43 Å². The lowest BCUT2D eigenvalue weighted by Crippen LogP contribution is -2.24. The number of aliphatic imine (C=N–C) groups is 1. The molecule has 5 heteroatoms. The van der Waals surface area contributed by atoms with Crippen molar-refractivity contribution in [2.45, 2.75) is 0 Å². The summed E-state index contributed by atoms with van der Waals surface area (Å²) in [5.41, 5.74) is 2.92. The molecule has 0 spiro atoms. The highest BCUT2D eigenvalue weighted by Crippen LogP contribution is 2.26. The Bertz CT molecular complexity index is 545. The van der Waals surface area contributed by atoms with Crippen molar-refractivity contribution in [2.24, 2.45) is 4.99 Å². The molecule has 4 nitrogen and oxygen atoms in total. The molecule has 2 aliphatic rings. The minimum Gasteiger partial charge on any atom is -0.508 e. The van der Waals surface area contributed by atoms with Gasteiger partial charge in [0.1, 0.15) is 5.75 Å². The molecule has 0 atom stereocenters. The van der Waals surface area contributed by atoms with Gasteiger partial charge in [-0.1, -0.05) is 0 Å². The lowest BCUT2D eigenvalue weighted by Gasteiger charge is -2.17. The first-order valence-corrected chi connectivity index (χ1v) is 6.19. The zero-order valence-electron chi connectivity index (χ0n) is 8.89. The first-order valence-electron chi connectivity index (χ1n) is 5.23. The predicted octanol–water partition coefficient (Wildman–Crippen LogP) is 2.24. The molecule has 2 N–H and O–H groups in total. The van der Waals surface area contributed by atoms with Crippen molar-refractivity contribution < 1.29 is 5.11 Å². The van der Waals surface area contributed by atoms with Crippen LogP contribution in [0.2, 0.25) is 0 Å². The second kappa shape index (κ2) is 4.06. The smallest absolute Gasteiger partial charge is 0.161 e. The van der Waals surface area contributed by atoms with Gasteiger partial charge in [-0.3, -0.25) is 3.11 Å². The second-order valence-corrected chi connectivity index (χ2v) is 4.98. The van der Waals surface area contributed by atoms with Crippen LogP contribution in [-0.4, -0.2) is 20.6 Å². The largest absolute Gasteiger partial charge is 0.508 e. The standard InChI is InChI=1S/C12H10IN3O/c13-16-6-5-10-12(16)15-11(7-14-10)8-1-3-9(17)4-2-8/h1-5,7,14,17H,6H2. The highest BCUT2D eigenvalue weighted by molar-refractivity contribution is 14.1. The molecule has 2 aliphatic heterocycles. The molecule has 2 heterocycles. The Morgan fingerprint density at radius 3 is 2.82 bits per heavy atom. The highest BCUT2D eigenvalue weighted by atomic mass is 127. The zero-order chi connectivity index (χ0) is 11.8. The van der Waals surface area contributed by atoms with Crippen molar-refractivity contribution in [3.63, 3.8) is 0 Å². The van der Waals surface area contributed by atoms with E-state index in [-0.39, 0.29) is 5.75 Å². The Kier molecular flexibility index (Phi) is 2.54. The van der Waals surface area contributed by atoms with Crippen molar-refractivity contribution in [1.29, 1.82) is 0 Å². The van der Waals surface area contributed by atoms with E-state index in [1.165, 1.54) is 0 Å². The van der Waals surface area contributed by atoms with Crippen LogP contribution in [0.4, 0.5) is 0 Å². The maximum Gasteiger partial charge on any atom is 0.161 e. The first-order chi connectivity index (χ1) is 8.24. The van der Waals surface area contributed by atoms with Crippen molar-refractivity contribution in [3.8, 4) is 5.75 Å². The molecular weight excluding hydrogens is 329 g/mol. The zero-order valence-corrected chi connectivity index (χ0v) is 11.0. The lowest BCUT2D eigenvalue weighted by atomic mass is 10.1. The number of phenols is 1. The molecule has 0 unspecified atom stereocenters. The van der Waals surface area contributed by atoms with E-state index in [1.807, 2.05) is 18.3 Å². The summed E-state index contributed by atoms with van der Waals surface area (Å²) in [6.45, 7) is 0.873. The van der Waals surface area contributed by atoms with E-state index >= 15 is 0 Å². The molecule has 0 aliphatic carbocycles. The Balaban J connectivity index is 1.96. The summed E-state index contributed by atoms with van der Waals surface area (Å²) >= 11 is 2.24. The molecule has 3 rings (SSSR count). The van der Waals surface area contributed by atoms with Crippen molar-refractivity contribution >= 4 is 34.4 Å². The quantitative estimate of drug-likeness (QED) is 0.609. The van der Waals surface area contributed by atoms with Crippen LogP contribution in [0.1, 0.15) is 5.56 Å². The number of nitrogens with zero attached hydrogens (tertiary/aromatic N) is 2. The molecule has 0 aromatic heterocycles. The molecule has 17 heavy (non-hydrogen) atoms. The number of aromatic hydroxyl groups is 1. The minimum atomic E-state index is 0.266. The minimum absolute atomic E-state index is 0.266. The van der Waals surface area contributed by atoms with Crippen LogP contribution in [0.3, 0.4) is 0 Å². The molecule has 0 saturated carbocycles. The summed E-state index contributed by atoms with van der Waals surface area (Å²) in [5.74, 6) is 1.22. The molecule has 0 radical (unpaired) electrons. The number of fused-ring (bicyclic) bond motifs is 1. The summed E-state index contributed by atoms with van der Waals surface area (Å²) in [4.78, 5) is 4.61. The van der Waals surface area contributed by atoms with Crippen LogP contribution in [0.25, 0.3) is 5.70 Å². The van der Waals surface area contributed by atoms with Crippen LogP contribution in [0, 0.1) is 0 Å². The van der Waals surface area contributed by atoms with Gasteiger partial charge in [-0.05, 0) is 30.3 Å². The van der Waals surface area contributed by atoms with Crippen LogP contribution in [0.5, 0.6) is 5.75 Å². The SMILES string of the molecule is Oc1ccc(C2=CNC3=CCN(I)C3=N2)cc1. The summed E-state index contributed by atoms with van der Waals surface area (Å²) in [6, 6.07) is 7.04. The van der Waals surface area contributed by atoms with E-state index in [0.717, 1.165) is 29.3 Å². The van der Waals surface area contributed by atoms with Gasteiger partial charge in [-0.15, -0.1) is 0 Å². The fourth-order valence-corrected chi connectivity index (χ4v) is 2.36. The van der Waals surface area contributed by atoms with E-state index in [4.69, 9.17) is 0 Å². The van der Waals surface area contributed by atoms with Crippen molar-refractivity contribution in [2.75, 3.05) is 6.54 Å². The van der Waals surface area contributed by atoms with Gasteiger partial charge in [0, 0.05) is 11.8 Å². The predicted molar refractivity (Wildman–Crippen MR) is 75.5 cm³/mol. The third kappa shape index (κ3) is 1.90. The van der Waals surface area contributed by atoms with E-state index in [0.29, 0.717) is 0 Å². The third-order valence-electron chi connectivity index (χ3n) is 2.68. The summed E-state index contributed by atoms with van der Waals surface area (Å²) in [7, 11) is 0. The Morgan fingerprint density at radius 2 is 2.06 bits per heavy atom. The van der Waals surface area contributed by atoms with E-state index in [2.05, 4.69) is 42.4 Å². The van der Waals surface area contributed by atoms with E-state index in [1.54, 1.807) is 12.1 Å². The Labute approximate surface area is 113 Å². The van der Waals surface area contributed by atoms with Gasteiger partial charge in [0.2, 0.25) is 0 Å². The van der Waals surface area contributed by atoms with Gasteiger partial charge in [0.05, 0.1) is 40.8 Å². The molecular formula is C12H10IN3O. The molecule has 0 bridgehead atoms.